The quantitative estimate of drug-likeness (QED) is 0.541. The van der Waals surface area contributed by atoms with Gasteiger partial charge >= 0.3 is 0 Å². The Morgan fingerprint density at radius 2 is 2.04 bits per heavy atom. The van der Waals surface area contributed by atoms with Crippen LogP contribution in [0, 0.1) is 0 Å². The molecule has 1 aromatic rings. The van der Waals surface area contributed by atoms with E-state index in [9.17, 15) is 4.79 Å². The smallest absolute Gasteiger partial charge is 0.251 e. The summed E-state index contributed by atoms with van der Waals surface area (Å²) in [6, 6.07) is 8.19. The van der Waals surface area contributed by atoms with Gasteiger partial charge in [0.05, 0.1) is 0 Å². The number of likely N-dealkylation sites (N-methyl/N-ethyl adjacent to an activating group) is 1. The van der Waals surface area contributed by atoms with E-state index in [-0.39, 0.29) is 5.91 Å². The number of hydrogen-bond donors (Lipinski definition) is 3. The maximum absolute atomic E-state index is 11.5. The van der Waals surface area contributed by atoms with Gasteiger partial charge in [0.2, 0.25) is 0 Å². The summed E-state index contributed by atoms with van der Waals surface area (Å²) in [5, 5.41) is 9.37. The van der Waals surface area contributed by atoms with Crippen LogP contribution in [-0.4, -0.2) is 56.5 Å². The van der Waals surface area contributed by atoms with E-state index < -0.39 is 0 Å². The molecule has 6 heteroatoms. The average molecular weight is 331 g/mol. The lowest BCUT2D eigenvalue weighted by Crippen LogP contribution is -2.44. The molecule has 0 radical (unpaired) electrons. The number of hydrogen-bond acceptors (Lipinski definition) is 3. The van der Waals surface area contributed by atoms with Crippen LogP contribution in [0.15, 0.2) is 29.3 Å². The van der Waals surface area contributed by atoms with Gasteiger partial charge in [-0.2, -0.15) is 0 Å². The Hall–Kier alpha value is -2.08. The molecule has 0 bridgehead atoms. The van der Waals surface area contributed by atoms with Gasteiger partial charge in [-0.05, 0) is 43.6 Å². The van der Waals surface area contributed by atoms with Crippen molar-refractivity contribution >= 4 is 11.9 Å². The van der Waals surface area contributed by atoms with E-state index >= 15 is 0 Å². The minimum atomic E-state index is -0.0657. The molecule has 0 spiro atoms. The molecule has 1 amide bonds. The number of benzene rings is 1. The molecule has 24 heavy (non-hydrogen) atoms. The number of nitrogens with zero attached hydrogens (tertiary/aromatic N) is 2. The Bertz CT molecular complexity index is 555. The third-order valence-electron chi connectivity index (χ3n) is 4.54. The number of likely N-dealkylation sites (tertiary alicyclic amines) is 1. The fraction of sp³-hybridized carbons (Fsp3) is 0.556. The molecule has 1 saturated heterocycles. The van der Waals surface area contributed by atoms with Gasteiger partial charge in [0.1, 0.15) is 0 Å². The van der Waals surface area contributed by atoms with Crippen LogP contribution in [0.1, 0.15) is 35.7 Å². The van der Waals surface area contributed by atoms with Gasteiger partial charge in [-0.25, -0.2) is 0 Å². The summed E-state index contributed by atoms with van der Waals surface area (Å²) >= 11 is 0. The summed E-state index contributed by atoms with van der Waals surface area (Å²) < 4.78 is 0. The molecule has 1 aliphatic rings. The summed E-state index contributed by atoms with van der Waals surface area (Å²) in [6.07, 6.45) is 2.53. The molecule has 1 unspecified atom stereocenters. The van der Waals surface area contributed by atoms with Crippen LogP contribution in [0.25, 0.3) is 0 Å². The number of amides is 1. The molecule has 2 rings (SSSR count). The van der Waals surface area contributed by atoms with Gasteiger partial charge in [0.25, 0.3) is 5.91 Å². The molecule has 1 fully saturated rings. The summed E-state index contributed by atoms with van der Waals surface area (Å²) in [5.74, 6) is 0.748. The molecule has 0 aliphatic carbocycles. The van der Waals surface area contributed by atoms with Crippen molar-refractivity contribution in [2.75, 3.05) is 33.7 Å². The lowest BCUT2D eigenvalue weighted by molar-refractivity contribution is 0.0963. The molecule has 1 aromatic carbocycles. The Kier molecular flexibility index (Phi) is 7.06. The van der Waals surface area contributed by atoms with Crippen molar-refractivity contribution in [1.29, 1.82) is 0 Å². The molecule has 1 atom stereocenters. The third kappa shape index (κ3) is 4.96. The highest BCUT2D eigenvalue weighted by Gasteiger charge is 2.22. The van der Waals surface area contributed by atoms with Crippen LogP contribution >= 0.6 is 0 Å². The van der Waals surface area contributed by atoms with Crippen LogP contribution in [0.3, 0.4) is 0 Å². The minimum Gasteiger partial charge on any atom is -0.355 e. The lowest BCUT2D eigenvalue weighted by atomic mass is 10.1. The second-order valence-corrected chi connectivity index (χ2v) is 6.01. The fourth-order valence-electron chi connectivity index (χ4n) is 3.08. The molecule has 1 aliphatic heterocycles. The normalized spacial score (nSPS) is 18.5. The zero-order valence-corrected chi connectivity index (χ0v) is 14.9. The number of nitrogens with one attached hydrogen (secondary N) is 3. The number of carbonyl (C=O) groups is 1. The number of carbonyl (C=O) groups excluding carboxylic acids is 1. The first-order valence-corrected chi connectivity index (χ1v) is 8.67. The van der Waals surface area contributed by atoms with E-state index in [1.54, 1.807) is 14.1 Å². The lowest BCUT2D eigenvalue weighted by Gasteiger charge is -2.24. The number of aliphatic imine (C=N–C) groups is 1. The molecular formula is C18H29N5O. The van der Waals surface area contributed by atoms with Gasteiger partial charge in [-0.3, -0.25) is 14.7 Å². The van der Waals surface area contributed by atoms with Crippen LogP contribution < -0.4 is 16.0 Å². The van der Waals surface area contributed by atoms with E-state index in [2.05, 4.69) is 32.8 Å². The highest BCUT2D eigenvalue weighted by atomic mass is 16.1. The summed E-state index contributed by atoms with van der Waals surface area (Å²) in [4.78, 5) is 18.3. The van der Waals surface area contributed by atoms with Crippen LogP contribution in [0.5, 0.6) is 0 Å². The predicted molar refractivity (Wildman–Crippen MR) is 98.3 cm³/mol. The zero-order chi connectivity index (χ0) is 17.4. The van der Waals surface area contributed by atoms with Gasteiger partial charge in [-0.15, -0.1) is 0 Å². The third-order valence-corrected chi connectivity index (χ3v) is 4.54. The molecule has 0 saturated carbocycles. The van der Waals surface area contributed by atoms with Crippen LogP contribution in [-0.2, 0) is 6.54 Å². The molecular weight excluding hydrogens is 302 g/mol. The minimum absolute atomic E-state index is 0.0657. The first kappa shape index (κ1) is 18.3. The number of rotatable bonds is 6. The van der Waals surface area contributed by atoms with E-state index in [0.29, 0.717) is 18.2 Å². The van der Waals surface area contributed by atoms with Crippen LogP contribution in [0.4, 0.5) is 0 Å². The van der Waals surface area contributed by atoms with Crippen molar-refractivity contribution in [2.45, 2.75) is 32.4 Å². The van der Waals surface area contributed by atoms with Gasteiger partial charge < -0.3 is 16.0 Å². The highest BCUT2D eigenvalue weighted by molar-refractivity contribution is 5.93. The molecule has 132 valence electrons. The van der Waals surface area contributed by atoms with Gasteiger partial charge in [0.15, 0.2) is 5.96 Å². The van der Waals surface area contributed by atoms with Gasteiger partial charge in [0, 0.05) is 38.8 Å². The van der Waals surface area contributed by atoms with Crippen molar-refractivity contribution in [1.82, 2.24) is 20.9 Å². The van der Waals surface area contributed by atoms with Gasteiger partial charge in [-0.1, -0.05) is 19.1 Å². The van der Waals surface area contributed by atoms with Crippen molar-refractivity contribution in [3.63, 3.8) is 0 Å². The second-order valence-electron chi connectivity index (χ2n) is 6.01. The Morgan fingerprint density at radius 3 is 2.67 bits per heavy atom. The van der Waals surface area contributed by atoms with E-state index in [1.807, 2.05) is 24.3 Å². The Balaban J connectivity index is 1.80. The topological polar surface area (TPSA) is 68.8 Å². The zero-order valence-electron chi connectivity index (χ0n) is 14.9. The maximum atomic E-state index is 11.5. The summed E-state index contributed by atoms with van der Waals surface area (Å²) in [5.41, 5.74) is 1.78. The van der Waals surface area contributed by atoms with E-state index in [0.717, 1.165) is 24.6 Å². The average Bonchev–Trinajstić information content (AvgIpc) is 3.09. The highest BCUT2D eigenvalue weighted by Crippen LogP contribution is 2.15. The molecule has 1 heterocycles. The Morgan fingerprint density at radius 1 is 1.29 bits per heavy atom. The molecule has 6 nitrogen and oxygen atoms in total. The van der Waals surface area contributed by atoms with E-state index in [4.69, 9.17) is 0 Å². The standard InChI is InChI=1S/C18H29N5O/c1-4-23-11-5-6-16(23)13-22-18(20-3)21-12-14-7-9-15(10-8-14)17(24)19-2/h7-10,16H,4-6,11-13H2,1-3H3,(H,19,24)(H2,20,21,22). The van der Waals surface area contributed by atoms with E-state index in [1.165, 1.54) is 19.4 Å². The second kappa shape index (κ2) is 9.27. The monoisotopic (exact) mass is 331 g/mol. The Labute approximate surface area is 144 Å². The van der Waals surface area contributed by atoms with Crippen LogP contribution in [0.2, 0.25) is 0 Å². The molecule has 3 N–H and O–H groups in total. The van der Waals surface area contributed by atoms with Crippen molar-refractivity contribution in [3.05, 3.63) is 35.4 Å². The summed E-state index contributed by atoms with van der Waals surface area (Å²) in [6.45, 7) is 6.12. The fourth-order valence-corrected chi connectivity index (χ4v) is 3.08. The summed E-state index contributed by atoms with van der Waals surface area (Å²) in [7, 11) is 3.42. The maximum Gasteiger partial charge on any atom is 0.251 e. The number of guanidine groups is 1. The van der Waals surface area contributed by atoms with Crippen molar-refractivity contribution < 1.29 is 4.79 Å². The predicted octanol–water partition coefficient (Wildman–Crippen LogP) is 1.20. The molecule has 0 aromatic heterocycles. The SMILES string of the molecule is CCN1CCCC1CNC(=NC)NCc1ccc(C(=O)NC)cc1. The first-order chi connectivity index (χ1) is 11.7. The first-order valence-electron chi connectivity index (χ1n) is 8.67. The van der Waals surface area contributed by atoms with Crippen molar-refractivity contribution in [3.8, 4) is 0 Å². The largest absolute Gasteiger partial charge is 0.355 e. The van der Waals surface area contributed by atoms with Crippen molar-refractivity contribution in [2.24, 2.45) is 4.99 Å².